The molecule has 0 unspecified atom stereocenters. The van der Waals surface area contributed by atoms with Gasteiger partial charge in [0.25, 0.3) is 0 Å². The van der Waals surface area contributed by atoms with Gasteiger partial charge in [0.2, 0.25) is 5.91 Å². The zero-order valence-electron chi connectivity index (χ0n) is 15.4. The second-order valence-corrected chi connectivity index (χ2v) is 7.57. The second kappa shape index (κ2) is 8.52. The lowest BCUT2D eigenvalue weighted by Crippen LogP contribution is -2.43. The van der Waals surface area contributed by atoms with E-state index < -0.39 is 0 Å². The van der Waals surface area contributed by atoms with Gasteiger partial charge in [-0.2, -0.15) is 0 Å². The highest BCUT2D eigenvalue weighted by atomic mass is 16.5. The van der Waals surface area contributed by atoms with E-state index in [-0.39, 0.29) is 17.4 Å². The number of nitrogens with one attached hydrogen (secondary N) is 1. The van der Waals surface area contributed by atoms with Crippen LogP contribution in [0.5, 0.6) is 5.75 Å². The van der Waals surface area contributed by atoms with Crippen LogP contribution in [0.2, 0.25) is 0 Å². The largest absolute Gasteiger partial charge is 0.497 e. The first-order valence-electron chi connectivity index (χ1n) is 8.92. The molecule has 1 saturated heterocycles. The third kappa shape index (κ3) is 5.52. The molecule has 1 fully saturated rings. The summed E-state index contributed by atoms with van der Waals surface area (Å²) in [6.45, 7) is 7.82. The minimum Gasteiger partial charge on any atom is -0.497 e. The predicted octanol–water partition coefficient (Wildman–Crippen LogP) is 3.59. The highest BCUT2D eigenvalue weighted by Gasteiger charge is 2.32. The molecule has 0 radical (unpaired) electrons. The Morgan fingerprint density at radius 3 is 2.75 bits per heavy atom. The number of hydrogen-bond acceptors (Lipinski definition) is 3. The van der Waals surface area contributed by atoms with Gasteiger partial charge in [0.05, 0.1) is 7.11 Å². The fourth-order valence-electron chi connectivity index (χ4n) is 3.39. The molecule has 2 rings (SSSR count). The van der Waals surface area contributed by atoms with E-state index in [1.807, 2.05) is 18.2 Å². The topological polar surface area (TPSA) is 47.6 Å². The van der Waals surface area contributed by atoms with E-state index in [0.717, 1.165) is 44.6 Å². The molecule has 1 aromatic carbocycles. The summed E-state index contributed by atoms with van der Waals surface area (Å²) in [4.78, 5) is 12.7. The first kappa shape index (κ1) is 18.8. The number of methoxy groups -OCH3 is 1. The Morgan fingerprint density at radius 2 is 2.08 bits per heavy atom. The van der Waals surface area contributed by atoms with Gasteiger partial charge < -0.3 is 14.8 Å². The molecule has 0 aromatic heterocycles. The van der Waals surface area contributed by atoms with Crippen LogP contribution in [-0.2, 0) is 16.0 Å². The Labute approximate surface area is 145 Å². The SMILES string of the molecule is COc1cccc(C[C@@H](C)NC(=O)C(C)(C)CC2CCOCC2)c1. The molecule has 24 heavy (non-hydrogen) atoms. The molecule has 1 aliphatic rings. The van der Waals surface area contributed by atoms with E-state index in [9.17, 15) is 4.79 Å². The molecule has 134 valence electrons. The zero-order chi connectivity index (χ0) is 17.6. The van der Waals surface area contributed by atoms with Crippen LogP contribution in [-0.4, -0.2) is 32.3 Å². The van der Waals surface area contributed by atoms with Crippen molar-refractivity contribution >= 4 is 5.91 Å². The van der Waals surface area contributed by atoms with Gasteiger partial charge in [0.1, 0.15) is 5.75 Å². The molecular formula is C20H31NO3. The minimum absolute atomic E-state index is 0.0959. The van der Waals surface area contributed by atoms with Crippen molar-refractivity contribution in [2.75, 3.05) is 20.3 Å². The van der Waals surface area contributed by atoms with Gasteiger partial charge >= 0.3 is 0 Å². The maximum Gasteiger partial charge on any atom is 0.225 e. The first-order valence-corrected chi connectivity index (χ1v) is 8.92. The van der Waals surface area contributed by atoms with E-state index in [2.05, 4.69) is 32.2 Å². The molecule has 0 saturated carbocycles. The fourth-order valence-corrected chi connectivity index (χ4v) is 3.39. The van der Waals surface area contributed by atoms with Crippen LogP contribution >= 0.6 is 0 Å². The molecular weight excluding hydrogens is 302 g/mol. The zero-order valence-corrected chi connectivity index (χ0v) is 15.4. The Morgan fingerprint density at radius 1 is 1.38 bits per heavy atom. The highest BCUT2D eigenvalue weighted by molar-refractivity contribution is 5.82. The van der Waals surface area contributed by atoms with Crippen LogP contribution in [0.4, 0.5) is 0 Å². The summed E-state index contributed by atoms with van der Waals surface area (Å²) in [5, 5.41) is 3.18. The van der Waals surface area contributed by atoms with Gasteiger partial charge in [-0.15, -0.1) is 0 Å². The van der Waals surface area contributed by atoms with E-state index in [1.54, 1.807) is 7.11 Å². The van der Waals surface area contributed by atoms with Crippen molar-refractivity contribution in [3.05, 3.63) is 29.8 Å². The van der Waals surface area contributed by atoms with Crippen molar-refractivity contribution in [2.24, 2.45) is 11.3 Å². The minimum atomic E-state index is -0.343. The molecule has 0 spiro atoms. The molecule has 1 N–H and O–H groups in total. The third-order valence-electron chi connectivity index (χ3n) is 4.81. The molecule has 1 amide bonds. The summed E-state index contributed by atoms with van der Waals surface area (Å²) >= 11 is 0. The third-order valence-corrected chi connectivity index (χ3v) is 4.81. The average molecular weight is 333 g/mol. The van der Waals surface area contributed by atoms with E-state index >= 15 is 0 Å². The predicted molar refractivity (Wildman–Crippen MR) is 96.2 cm³/mol. The summed E-state index contributed by atoms with van der Waals surface area (Å²) < 4.78 is 10.7. The molecule has 4 heteroatoms. The van der Waals surface area contributed by atoms with Gasteiger partial charge in [-0.1, -0.05) is 26.0 Å². The number of amides is 1. The normalized spacial score (nSPS) is 17.3. The van der Waals surface area contributed by atoms with Crippen LogP contribution in [0.15, 0.2) is 24.3 Å². The van der Waals surface area contributed by atoms with Crippen LogP contribution in [0.25, 0.3) is 0 Å². The standard InChI is InChI=1S/C20H31NO3/c1-15(12-17-6-5-7-18(13-17)23-4)21-19(22)20(2,3)14-16-8-10-24-11-9-16/h5-7,13,15-16H,8-12,14H2,1-4H3,(H,21,22)/t15-/m1/s1. The number of carbonyl (C=O) groups excluding carboxylic acids is 1. The van der Waals surface area contributed by atoms with Gasteiger partial charge in [-0.05, 0) is 56.2 Å². The van der Waals surface area contributed by atoms with Crippen molar-refractivity contribution in [2.45, 2.75) is 52.5 Å². The molecule has 1 heterocycles. The Bertz CT molecular complexity index is 535. The Kier molecular flexibility index (Phi) is 6.67. The van der Waals surface area contributed by atoms with Crippen molar-refractivity contribution in [3.8, 4) is 5.75 Å². The molecule has 1 atom stereocenters. The van der Waals surface area contributed by atoms with Crippen LogP contribution in [0.1, 0.15) is 45.6 Å². The summed E-state index contributed by atoms with van der Waals surface area (Å²) in [6, 6.07) is 8.11. The molecule has 0 aliphatic carbocycles. The summed E-state index contributed by atoms with van der Waals surface area (Å²) in [5.41, 5.74) is 0.828. The van der Waals surface area contributed by atoms with Crippen molar-refractivity contribution in [3.63, 3.8) is 0 Å². The van der Waals surface area contributed by atoms with Crippen LogP contribution in [0, 0.1) is 11.3 Å². The lowest BCUT2D eigenvalue weighted by atomic mass is 9.79. The van der Waals surface area contributed by atoms with Gasteiger partial charge in [-0.3, -0.25) is 4.79 Å². The molecule has 0 bridgehead atoms. The van der Waals surface area contributed by atoms with Crippen LogP contribution < -0.4 is 10.1 Å². The van der Waals surface area contributed by atoms with Crippen molar-refractivity contribution in [1.29, 1.82) is 0 Å². The summed E-state index contributed by atoms with van der Waals surface area (Å²) in [7, 11) is 1.67. The quantitative estimate of drug-likeness (QED) is 0.829. The van der Waals surface area contributed by atoms with E-state index in [4.69, 9.17) is 9.47 Å². The second-order valence-electron chi connectivity index (χ2n) is 7.57. The summed E-state index contributed by atoms with van der Waals surface area (Å²) in [6.07, 6.45) is 3.86. The van der Waals surface area contributed by atoms with E-state index in [1.165, 1.54) is 5.56 Å². The van der Waals surface area contributed by atoms with Crippen molar-refractivity contribution in [1.82, 2.24) is 5.32 Å². The monoisotopic (exact) mass is 333 g/mol. The first-order chi connectivity index (χ1) is 11.4. The molecule has 1 aliphatic heterocycles. The summed E-state index contributed by atoms with van der Waals surface area (Å²) in [5.74, 6) is 1.59. The van der Waals surface area contributed by atoms with E-state index in [0.29, 0.717) is 5.92 Å². The number of benzene rings is 1. The van der Waals surface area contributed by atoms with Gasteiger partial charge in [0.15, 0.2) is 0 Å². The van der Waals surface area contributed by atoms with Crippen LogP contribution in [0.3, 0.4) is 0 Å². The number of carbonyl (C=O) groups is 1. The molecule has 4 nitrogen and oxygen atoms in total. The number of rotatable bonds is 7. The highest BCUT2D eigenvalue weighted by Crippen LogP contribution is 2.31. The smallest absolute Gasteiger partial charge is 0.225 e. The Hall–Kier alpha value is -1.55. The lowest BCUT2D eigenvalue weighted by Gasteiger charge is -2.32. The number of ether oxygens (including phenoxy) is 2. The van der Waals surface area contributed by atoms with Gasteiger partial charge in [-0.25, -0.2) is 0 Å². The number of hydrogen-bond donors (Lipinski definition) is 1. The maximum atomic E-state index is 12.7. The Balaban J connectivity index is 1.86. The average Bonchev–Trinajstić information content (AvgIpc) is 2.55. The van der Waals surface area contributed by atoms with Crippen molar-refractivity contribution < 1.29 is 14.3 Å². The molecule has 1 aromatic rings. The maximum absolute atomic E-state index is 12.7. The lowest BCUT2D eigenvalue weighted by molar-refractivity contribution is -0.131. The van der Waals surface area contributed by atoms with Gasteiger partial charge in [0, 0.05) is 24.7 Å². The fraction of sp³-hybridized carbons (Fsp3) is 0.650.